The van der Waals surface area contributed by atoms with Crippen molar-refractivity contribution in [3.8, 4) is 0 Å². The molecule has 0 aliphatic rings. The summed E-state index contributed by atoms with van der Waals surface area (Å²) in [6.07, 6.45) is 3.38. The normalized spacial score (nSPS) is 12.1. The Hall–Kier alpha value is -1.17. The summed E-state index contributed by atoms with van der Waals surface area (Å²) >= 11 is 0. The van der Waals surface area contributed by atoms with Crippen molar-refractivity contribution in [1.82, 2.24) is 9.97 Å². The van der Waals surface area contributed by atoms with E-state index in [1.807, 2.05) is 6.92 Å². The van der Waals surface area contributed by atoms with Crippen molar-refractivity contribution in [2.75, 3.05) is 35.7 Å². The first kappa shape index (κ1) is 11.9. The van der Waals surface area contributed by atoms with Crippen molar-refractivity contribution in [2.24, 2.45) is 0 Å². The fourth-order valence-electron chi connectivity index (χ4n) is 1.02. The van der Waals surface area contributed by atoms with E-state index in [2.05, 4.69) is 20.6 Å². The average Bonchev–Trinajstić information content (AvgIpc) is 2.18. The van der Waals surface area contributed by atoms with E-state index in [4.69, 9.17) is 0 Å². The molecule has 15 heavy (non-hydrogen) atoms. The van der Waals surface area contributed by atoms with Crippen LogP contribution in [0.15, 0.2) is 12.3 Å². The second kappa shape index (κ2) is 6.34. The maximum atomic E-state index is 10.8. The van der Waals surface area contributed by atoms with Gasteiger partial charge in [0, 0.05) is 42.1 Å². The monoisotopic (exact) mass is 228 g/mol. The van der Waals surface area contributed by atoms with Gasteiger partial charge < -0.3 is 10.6 Å². The van der Waals surface area contributed by atoms with Crippen LogP contribution in [0.2, 0.25) is 0 Å². The minimum absolute atomic E-state index is 0.611. The molecule has 1 rings (SSSR count). The zero-order valence-corrected chi connectivity index (χ0v) is 9.80. The highest BCUT2D eigenvalue weighted by molar-refractivity contribution is 7.84. The predicted octanol–water partition coefficient (Wildman–Crippen LogP) is 0.699. The van der Waals surface area contributed by atoms with E-state index in [1.165, 1.54) is 0 Å². The molecule has 0 spiro atoms. The number of nitrogens with zero attached hydrogens (tertiary/aromatic N) is 2. The Kier molecular flexibility index (Phi) is 5.03. The zero-order valence-electron chi connectivity index (χ0n) is 8.99. The highest BCUT2D eigenvalue weighted by atomic mass is 32.2. The molecular formula is C9H16N4OS. The Balaban J connectivity index is 2.46. The van der Waals surface area contributed by atoms with Crippen LogP contribution in [0.4, 0.5) is 11.8 Å². The Bertz CT molecular complexity index is 332. The molecule has 0 amide bonds. The second-order valence-electron chi connectivity index (χ2n) is 3.00. The molecule has 0 aromatic carbocycles. The Morgan fingerprint density at radius 3 is 2.93 bits per heavy atom. The van der Waals surface area contributed by atoms with E-state index in [9.17, 15) is 4.21 Å². The van der Waals surface area contributed by atoms with Gasteiger partial charge in [-0.1, -0.05) is 0 Å². The van der Waals surface area contributed by atoms with Crippen LogP contribution in [-0.2, 0) is 10.8 Å². The summed E-state index contributed by atoms with van der Waals surface area (Å²) in [5.74, 6) is 1.99. The lowest BCUT2D eigenvalue weighted by Gasteiger charge is -2.06. The Labute approximate surface area is 92.2 Å². The third-order valence-electron chi connectivity index (χ3n) is 1.69. The van der Waals surface area contributed by atoms with Gasteiger partial charge in [0.15, 0.2) is 0 Å². The molecule has 0 aliphatic carbocycles. The highest BCUT2D eigenvalue weighted by Gasteiger charge is 1.97. The van der Waals surface area contributed by atoms with E-state index >= 15 is 0 Å². The molecule has 1 unspecified atom stereocenters. The topological polar surface area (TPSA) is 66.9 Å². The van der Waals surface area contributed by atoms with Crippen LogP contribution in [0, 0.1) is 0 Å². The molecule has 0 saturated carbocycles. The van der Waals surface area contributed by atoms with Crippen molar-refractivity contribution in [3.05, 3.63) is 12.3 Å². The second-order valence-corrected chi connectivity index (χ2v) is 4.55. The van der Waals surface area contributed by atoms with Gasteiger partial charge >= 0.3 is 0 Å². The van der Waals surface area contributed by atoms with Crippen molar-refractivity contribution in [2.45, 2.75) is 6.92 Å². The molecule has 1 aromatic heterocycles. The van der Waals surface area contributed by atoms with E-state index < -0.39 is 10.8 Å². The van der Waals surface area contributed by atoms with Crippen LogP contribution in [0.3, 0.4) is 0 Å². The number of nitrogens with one attached hydrogen (secondary N) is 2. The van der Waals surface area contributed by atoms with Gasteiger partial charge in [-0.3, -0.25) is 4.21 Å². The first-order valence-electron chi connectivity index (χ1n) is 4.83. The molecule has 0 saturated heterocycles. The van der Waals surface area contributed by atoms with Crippen LogP contribution in [0.5, 0.6) is 0 Å². The molecule has 0 bridgehead atoms. The quantitative estimate of drug-likeness (QED) is 0.750. The summed E-state index contributed by atoms with van der Waals surface area (Å²) in [6, 6.07) is 1.79. The van der Waals surface area contributed by atoms with Gasteiger partial charge in [0.25, 0.3) is 0 Å². The van der Waals surface area contributed by atoms with Crippen LogP contribution < -0.4 is 10.6 Å². The Morgan fingerprint density at radius 1 is 1.47 bits per heavy atom. The summed E-state index contributed by atoms with van der Waals surface area (Å²) in [5, 5.41) is 6.12. The van der Waals surface area contributed by atoms with Crippen molar-refractivity contribution in [3.63, 3.8) is 0 Å². The van der Waals surface area contributed by atoms with E-state index in [1.54, 1.807) is 18.5 Å². The largest absolute Gasteiger partial charge is 0.369 e. The maximum Gasteiger partial charge on any atom is 0.224 e. The fraction of sp³-hybridized carbons (Fsp3) is 0.556. The Morgan fingerprint density at radius 2 is 2.27 bits per heavy atom. The fourth-order valence-corrected chi connectivity index (χ4v) is 1.41. The minimum atomic E-state index is -0.769. The van der Waals surface area contributed by atoms with Crippen molar-refractivity contribution < 1.29 is 4.21 Å². The maximum absolute atomic E-state index is 10.8. The SMILES string of the molecule is CCNc1nccc(NCCS(C)=O)n1. The number of anilines is 2. The van der Waals surface area contributed by atoms with E-state index in [-0.39, 0.29) is 0 Å². The smallest absolute Gasteiger partial charge is 0.224 e. The van der Waals surface area contributed by atoms with Crippen molar-refractivity contribution in [1.29, 1.82) is 0 Å². The molecule has 1 aromatic rings. The molecule has 84 valence electrons. The highest BCUT2D eigenvalue weighted by Crippen LogP contribution is 2.04. The summed E-state index contributed by atoms with van der Waals surface area (Å²) in [7, 11) is -0.769. The number of hydrogen-bond acceptors (Lipinski definition) is 5. The lowest BCUT2D eigenvalue weighted by atomic mass is 10.5. The van der Waals surface area contributed by atoms with Crippen LogP contribution in [0.1, 0.15) is 6.92 Å². The molecule has 0 aliphatic heterocycles. The number of rotatable bonds is 6. The number of aromatic nitrogens is 2. The van der Waals surface area contributed by atoms with Crippen molar-refractivity contribution >= 4 is 22.6 Å². The molecule has 1 atom stereocenters. The first-order valence-corrected chi connectivity index (χ1v) is 6.56. The number of hydrogen-bond donors (Lipinski definition) is 2. The lowest BCUT2D eigenvalue weighted by molar-refractivity contribution is 0.687. The minimum Gasteiger partial charge on any atom is -0.369 e. The molecule has 2 N–H and O–H groups in total. The third-order valence-corrected chi connectivity index (χ3v) is 2.47. The molecule has 5 nitrogen and oxygen atoms in total. The zero-order chi connectivity index (χ0) is 11.1. The molecule has 1 heterocycles. The molecule has 6 heteroatoms. The van der Waals surface area contributed by atoms with Crippen LogP contribution >= 0.6 is 0 Å². The van der Waals surface area contributed by atoms with Gasteiger partial charge in [0.05, 0.1) is 0 Å². The van der Waals surface area contributed by atoms with E-state index in [0.29, 0.717) is 18.2 Å². The predicted molar refractivity (Wildman–Crippen MR) is 63.6 cm³/mol. The molecule has 0 fully saturated rings. The standard InChI is InChI=1S/C9H16N4OS/c1-3-10-9-12-5-4-8(13-9)11-6-7-15(2)14/h4-5H,3,6-7H2,1-2H3,(H2,10,11,12,13). The van der Waals surface area contributed by atoms with Gasteiger partial charge in [-0.05, 0) is 13.0 Å². The van der Waals surface area contributed by atoms with Crippen LogP contribution in [-0.4, -0.2) is 39.3 Å². The van der Waals surface area contributed by atoms with E-state index in [0.717, 1.165) is 12.4 Å². The van der Waals surface area contributed by atoms with Gasteiger partial charge in [-0.15, -0.1) is 0 Å². The molecule has 0 radical (unpaired) electrons. The third kappa shape index (κ3) is 4.73. The van der Waals surface area contributed by atoms with Gasteiger partial charge in [-0.2, -0.15) is 4.98 Å². The van der Waals surface area contributed by atoms with Crippen LogP contribution in [0.25, 0.3) is 0 Å². The lowest BCUT2D eigenvalue weighted by Crippen LogP contribution is -2.12. The summed E-state index contributed by atoms with van der Waals surface area (Å²) in [5.41, 5.74) is 0. The average molecular weight is 228 g/mol. The molecular weight excluding hydrogens is 212 g/mol. The van der Waals surface area contributed by atoms with Gasteiger partial charge in [0.1, 0.15) is 5.82 Å². The summed E-state index contributed by atoms with van der Waals surface area (Å²) in [6.45, 7) is 3.44. The first-order chi connectivity index (χ1) is 7.22. The summed E-state index contributed by atoms with van der Waals surface area (Å²) in [4.78, 5) is 8.28. The summed E-state index contributed by atoms with van der Waals surface area (Å²) < 4.78 is 10.8. The van der Waals surface area contributed by atoms with Gasteiger partial charge in [0.2, 0.25) is 5.95 Å². The van der Waals surface area contributed by atoms with Gasteiger partial charge in [-0.25, -0.2) is 4.98 Å².